The fourth-order valence-electron chi connectivity index (χ4n) is 3.08. The highest BCUT2D eigenvalue weighted by Gasteiger charge is 2.33. The van der Waals surface area contributed by atoms with Crippen molar-refractivity contribution in [2.45, 2.75) is 45.4 Å². The Labute approximate surface area is 121 Å². The van der Waals surface area contributed by atoms with Crippen LogP contribution in [0, 0.1) is 0 Å². The first kappa shape index (κ1) is 15.1. The van der Waals surface area contributed by atoms with Gasteiger partial charge in [0.1, 0.15) is 5.75 Å². The van der Waals surface area contributed by atoms with E-state index >= 15 is 0 Å². The van der Waals surface area contributed by atoms with E-state index in [2.05, 4.69) is 31.7 Å². The molecule has 1 saturated heterocycles. The van der Waals surface area contributed by atoms with Gasteiger partial charge in [0.25, 0.3) is 0 Å². The maximum absolute atomic E-state index is 6.16. The summed E-state index contributed by atoms with van der Waals surface area (Å²) in [6.07, 6.45) is 0.200. The minimum absolute atomic E-state index is 0.0672. The molecule has 0 aliphatic carbocycles. The summed E-state index contributed by atoms with van der Waals surface area (Å²) in [5.41, 5.74) is 8.23. The van der Waals surface area contributed by atoms with Gasteiger partial charge in [-0.3, -0.25) is 0 Å². The number of nitrogens with zero attached hydrogens (tertiary/aromatic N) is 1. The summed E-state index contributed by atoms with van der Waals surface area (Å²) >= 11 is 0. The number of methoxy groups -OCH3 is 1. The molecule has 1 aromatic carbocycles. The Morgan fingerprint density at radius 1 is 1.45 bits per heavy atom. The summed E-state index contributed by atoms with van der Waals surface area (Å²) in [6, 6.07) is 6.04. The third kappa shape index (κ3) is 3.07. The first-order valence-corrected chi connectivity index (χ1v) is 7.19. The summed E-state index contributed by atoms with van der Waals surface area (Å²) in [5, 5.41) is 0. The van der Waals surface area contributed by atoms with Crippen molar-refractivity contribution in [1.82, 2.24) is 0 Å². The minimum atomic E-state index is -0.157. The van der Waals surface area contributed by atoms with E-state index in [0.717, 1.165) is 30.1 Å². The van der Waals surface area contributed by atoms with Gasteiger partial charge in [0.05, 0.1) is 18.8 Å². The molecular formula is C16H26N2O2. The average molecular weight is 278 g/mol. The van der Waals surface area contributed by atoms with E-state index in [1.54, 1.807) is 7.11 Å². The molecule has 2 N–H and O–H groups in total. The van der Waals surface area contributed by atoms with Gasteiger partial charge in [0.2, 0.25) is 0 Å². The van der Waals surface area contributed by atoms with Crippen LogP contribution in [0.25, 0.3) is 0 Å². The molecule has 0 saturated carbocycles. The Hall–Kier alpha value is -1.26. The van der Waals surface area contributed by atoms with Crippen LogP contribution in [0.1, 0.15) is 39.3 Å². The van der Waals surface area contributed by atoms with Crippen LogP contribution in [-0.4, -0.2) is 31.9 Å². The van der Waals surface area contributed by atoms with Crippen LogP contribution >= 0.6 is 0 Å². The Balaban J connectivity index is 2.41. The van der Waals surface area contributed by atoms with Crippen LogP contribution in [0.3, 0.4) is 0 Å². The predicted molar refractivity (Wildman–Crippen MR) is 82.4 cm³/mol. The molecule has 112 valence electrons. The number of rotatable bonds is 3. The van der Waals surface area contributed by atoms with Crippen LogP contribution in [0.4, 0.5) is 5.69 Å². The van der Waals surface area contributed by atoms with Crippen LogP contribution in [0.5, 0.6) is 5.75 Å². The van der Waals surface area contributed by atoms with Crippen molar-refractivity contribution in [3.05, 3.63) is 23.8 Å². The van der Waals surface area contributed by atoms with Crippen LogP contribution in [0.2, 0.25) is 0 Å². The zero-order valence-electron chi connectivity index (χ0n) is 13.1. The lowest BCUT2D eigenvalue weighted by Gasteiger charge is -2.43. The van der Waals surface area contributed by atoms with Crippen molar-refractivity contribution in [3.63, 3.8) is 0 Å². The summed E-state index contributed by atoms with van der Waals surface area (Å²) in [4.78, 5) is 2.36. The molecular weight excluding hydrogens is 252 g/mol. The molecule has 1 aliphatic heterocycles. The summed E-state index contributed by atoms with van der Waals surface area (Å²) < 4.78 is 11.5. The highest BCUT2D eigenvalue weighted by molar-refractivity contribution is 5.61. The van der Waals surface area contributed by atoms with Crippen molar-refractivity contribution in [1.29, 1.82) is 0 Å². The van der Waals surface area contributed by atoms with Crippen LogP contribution < -0.4 is 15.4 Å². The monoisotopic (exact) mass is 278 g/mol. The Kier molecular flexibility index (Phi) is 4.25. The van der Waals surface area contributed by atoms with Crippen LogP contribution in [-0.2, 0) is 4.74 Å². The molecule has 4 heteroatoms. The SMILES string of the molecule is COc1cccc(N2CC(C)OC(C)(C)C2)c1C(C)N. The molecule has 1 heterocycles. The van der Waals surface area contributed by atoms with E-state index < -0.39 is 0 Å². The number of hydrogen-bond acceptors (Lipinski definition) is 4. The van der Waals surface area contributed by atoms with E-state index in [1.807, 2.05) is 19.1 Å². The maximum atomic E-state index is 6.16. The summed E-state index contributed by atoms with van der Waals surface area (Å²) in [5.74, 6) is 0.856. The lowest BCUT2D eigenvalue weighted by atomic mass is 10.00. The van der Waals surface area contributed by atoms with E-state index in [-0.39, 0.29) is 17.7 Å². The van der Waals surface area contributed by atoms with Gasteiger partial charge in [-0.05, 0) is 39.8 Å². The van der Waals surface area contributed by atoms with E-state index in [1.165, 1.54) is 0 Å². The molecule has 0 bridgehead atoms. The zero-order chi connectivity index (χ0) is 14.9. The molecule has 2 atom stereocenters. The third-order valence-corrected chi connectivity index (χ3v) is 3.63. The van der Waals surface area contributed by atoms with Crippen molar-refractivity contribution in [3.8, 4) is 5.75 Å². The molecule has 1 aliphatic rings. The van der Waals surface area contributed by atoms with Gasteiger partial charge in [-0.15, -0.1) is 0 Å². The smallest absolute Gasteiger partial charge is 0.125 e. The lowest BCUT2D eigenvalue weighted by molar-refractivity contribution is -0.0750. The molecule has 20 heavy (non-hydrogen) atoms. The molecule has 0 aromatic heterocycles. The molecule has 2 unspecified atom stereocenters. The third-order valence-electron chi connectivity index (χ3n) is 3.63. The largest absolute Gasteiger partial charge is 0.496 e. The first-order valence-electron chi connectivity index (χ1n) is 7.19. The summed E-state index contributed by atoms with van der Waals surface area (Å²) in [6.45, 7) is 10.1. The number of anilines is 1. The van der Waals surface area contributed by atoms with Gasteiger partial charge >= 0.3 is 0 Å². The normalized spacial score (nSPS) is 23.5. The van der Waals surface area contributed by atoms with Gasteiger partial charge in [0, 0.05) is 30.4 Å². The quantitative estimate of drug-likeness (QED) is 0.923. The van der Waals surface area contributed by atoms with Crippen molar-refractivity contribution < 1.29 is 9.47 Å². The zero-order valence-corrected chi connectivity index (χ0v) is 13.1. The van der Waals surface area contributed by atoms with Gasteiger partial charge in [-0.1, -0.05) is 6.07 Å². The van der Waals surface area contributed by atoms with Crippen molar-refractivity contribution >= 4 is 5.69 Å². The topological polar surface area (TPSA) is 47.7 Å². The van der Waals surface area contributed by atoms with E-state index in [0.29, 0.717) is 0 Å². The van der Waals surface area contributed by atoms with Gasteiger partial charge in [-0.25, -0.2) is 0 Å². The van der Waals surface area contributed by atoms with E-state index in [4.69, 9.17) is 15.2 Å². The van der Waals surface area contributed by atoms with Gasteiger partial charge in [-0.2, -0.15) is 0 Å². The Bertz CT molecular complexity index is 472. The standard InChI is InChI=1S/C16H26N2O2/c1-11-9-18(10-16(3,4)20-11)13-7-6-8-14(19-5)15(13)12(2)17/h6-8,11-12H,9-10,17H2,1-5H3. The molecule has 0 radical (unpaired) electrons. The lowest BCUT2D eigenvalue weighted by Crippen LogP contribution is -2.52. The van der Waals surface area contributed by atoms with Crippen molar-refractivity contribution in [2.24, 2.45) is 5.73 Å². The molecule has 1 aromatic rings. The van der Waals surface area contributed by atoms with Crippen LogP contribution in [0.15, 0.2) is 18.2 Å². The molecule has 1 fully saturated rings. The minimum Gasteiger partial charge on any atom is -0.496 e. The highest BCUT2D eigenvalue weighted by Crippen LogP contribution is 2.36. The average Bonchev–Trinajstić information content (AvgIpc) is 2.35. The fourth-order valence-corrected chi connectivity index (χ4v) is 3.08. The Morgan fingerprint density at radius 3 is 2.70 bits per heavy atom. The number of morpholine rings is 1. The van der Waals surface area contributed by atoms with Gasteiger partial charge in [0.15, 0.2) is 0 Å². The highest BCUT2D eigenvalue weighted by atomic mass is 16.5. The second-order valence-corrected chi connectivity index (χ2v) is 6.25. The summed E-state index contributed by atoms with van der Waals surface area (Å²) in [7, 11) is 1.69. The molecule has 2 rings (SSSR count). The Morgan fingerprint density at radius 2 is 2.15 bits per heavy atom. The van der Waals surface area contributed by atoms with Crippen molar-refractivity contribution in [2.75, 3.05) is 25.1 Å². The predicted octanol–water partition coefficient (Wildman–Crippen LogP) is 2.72. The first-order chi connectivity index (χ1) is 9.34. The molecule has 4 nitrogen and oxygen atoms in total. The molecule has 0 spiro atoms. The fraction of sp³-hybridized carbons (Fsp3) is 0.625. The van der Waals surface area contributed by atoms with Gasteiger partial charge < -0.3 is 20.1 Å². The maximum Gasteiger partial charge on any atom is 0.125 e. The second kappa shape index (κ2) is 5.62. The number of hydrogen-bond donors (Lipinski definition) is 1. The second-order valence-electron chi connectivity index (χ2n) is 6.25. The number of nitrogens with two attached hydrogens (primary N) is 1. The molecule has 0 amide bonds. The number of ether oxygens (including phenoxy) is 2. The number of benzene rings is 1. The van der Waals surface area contributed by atoms with E-state index in [9.17, 15) is 0 Å².